The molecule has 0 radical (unpaired) electrons. The van der Waals surface area contributed by atoms with Crippen molar-refractivity contribution < 1.29 is 9.53 Å². The average Bonchev–Trinajstić information content (AvgIpc) is 2.17. The number of benzene rings is 1. The third kappa shape index (κ3) is 3.14. The van der Waals surface area contributed by atoms with Crippen molar-refractivity contribution in [1.82, 2.24) is 0 Å². The Labute approximate surface area is 92.4 Å². The minimum Gasteiger partial charge on any atom is -0.462 e. The largest absolute Gasteiger partial charge is 0.462 e. The van der Waals surface area contributed by atoms with Crippen LogP contribution in [0.5, 0.6) is 0 Å². The summed E-state index contributed by atoms with van der Waals surface area (Å²) in [6, 6.07) is 9.48. The Hall–Kier alpha value is -0.830. The maximum atomic E-state index is 11.5. The normalized spacial score (nSPS) is 12.6. The van der Waals surface area contributed by atoms with E-state index in [1.54, 1.807) is 0 Å². The maximum Gasteiger partial charge on any atom is 0.324 e. The Bertz CT molecular complexity index is 295. The highest BCUT2D eigenvalue weighted by molar-refractivity contribution is 9.09. The number of halogens is 1. The Balaban J connectivity index is 2.66. The molecule has 0 unspecified atom stereocenters. The van der Waals surface area contributed by atoms with Crippen molar-refractivity contribution in [3.05, 3.63) is 35.9 Å². The molecule has 0 spiro atoms. The molecule has 2 nitrogen and oxygen atoms in total. The lowest BCUT2D eigenvalue weighted by molar-refractivity contribution is -0.146. The molecule has 0 amide bonds. The zero-order valence-corrected chi connectivity index (χ0v) is 9.82. The van der Waals surface area contributed by atoms with Gasteiger partial charge in [0.2, 0.25) is 0 Å². The van der Waals surface area contributed by atoms with Crippen molar-refractivity contribution in [2.75, 3.05) is 0 Å². The minimum atomic E-state index is -0.369. The number of carbonyl (C=O) groups is 1. The van der Waals surface area contributed by atoms with E-state index < -0.39 is 0 Å². The van der Waals surface area contributed by atoms with E-state index in [1.165, 1.54) is 0 Å². The molecule has 76 valence electrons. The van der Waals surface area contributed by atoms with E-state index in [9.17, 15) is 4.79 Å². The first kappa shape index (κ1) is 11.2. The van der Waals surface area contributed by atoms with E-state index in [1.807, 2.05) is 44.2 Å². The Morgan fingerprint density at radius 3 is 2.36 bits per heavy atom. The van der Waals surface area contributed by atoms with Gasteiger partial charge in [-0.05, 0) is 19.4 Å². The van der Waals surface area contributed by atoms with Gasteiger partial charge in [0.05, 0.1) is 6.10 Å². The van der Waals surface area contributed by atoms with E-state index in [-0.39, 0.29) is 16.9 Å². The van der Waals surface area contributed by atoms with Crippen molar-refractivity contribution in [3.8, 4) is 0 Å². The molecule has 1 aromatic rings. The quantitative estimate of drug-likeness (QED) is 0.614. The van der Waals surface area contributed by atoms with Gasteiger partial charge in [0.1, 0.15) is 4.83 Å². The van der Waals surface area contributed by atoms with E-state index in [4.69, 9.17) is 4.74 Å². The third-order valence-electron chi connectivity index (χ3n) is 1.65. The van der Waals surface area contributed by atoms with Crippen molar-refractivity contribution in [2.45, 2.75) is 24.8 Å². The first-order valence-corrected chi connectivity index (χ1v) is 5.42. The number of alkyl halides is 1. The third-order valence-corrected chi connectivity index (χ3v) is 2.55. The highest BCUT2D eigenvalue weighted by atomic mass is 79.9. The van der Waals surface area contributed by atoms with E-state index in [0.717, 1.165) is 5.56 Å². The summed E-state index contributed by atoms with van der Waals surface area (Å²) in [5.74, 6) is -0.244. The monoisotopic (exact) mass is 256 g/mol. The van der Waals surface area contributed by atoms with Gasteiger partial charge in [0.25, 0.3) is 0 Å². The van der Waals surface area contributed by atoms with Crippen LogP contribution in [0.15, 0.2) is 30.3 Å². The molecule has 0 aliphatic carbocycles. The fourth-order valence-corrected chi connectivity index (χ4v) is 1.46. The summed E-state index contributed by atoms with van der Waals surface area (Å²) in [7, 11) is 0. The summed E-state index contributed by atoms with van der Waals surface area (Å²) in [6.45, 7) is 3.67. The first-order chi connectivity index (χ1) is 6.61. The summed E-state index contributed by atoms with van der Waals surface area (Å²) >= 11 is 3.31. The molecular formula is C11H13BrO2. The lowest BCUT2D eigenvalue weighted by atomic mass is 10.1. The number of hydrogen-bond acceptors (Lipinski definition) is 2. The zero-order valence-electron chi connectivity index (χ0n) is 8.24. The molecule has 0 N–H and O–H groups in total. The second-order valence-corrected chi connectivity index (χ2v) is 4.17. The lowest BCUT2D eigenvalue weighted by Crippen LogP contribution is -2.15. The van der Waals surface area contributed by atoms with Crippen LogP contribution in [0.1, 0.15) is 24.2 Å². The Morgan fingerprint density at radius 1 is 1.29 bits per heavy atom. The standard InChI is InChI=1S/C11H13BrO2/c1-8(2)14-11(13)10(12)9-6-4-3-5-7-9/h3-8,10H,1-2H3/t10-/m0/s1. The van der Waals surface area contributed by atoms with Crippen LogP contribution < -0.4 is 0 Å². The van der Waals surface area contributed by atoms with Crippen molar-refractivity contribution in [3.63, 3.8) is 0 Å². The fraction of sp³-hybridized carbons (Fsp3) is 0.364. The predicted molar refractivity (Wildman–Crippen MR) is 59.3 cm³/mol. The smallest absolute Gasteiger partial charge is 0.324 e. The number of esters is 1. The second-order valence-electron chi connectivity index (χ2n) is 3.26. The average molecular weight is 257 g/mol. The minimum absolute atomic E-state index is 0.0775. The van der Waals surface area contributed by atoms with E-state index in [0.29, 0.717) is 0 Å². The molecule has 1 aromatic carbocycles. The summed E-state index contributed by atoms with van der Waals surface area (Å²) in [4.78, 5) is 11.1. The van der Waals surface area contributed by atoms with Gasteiger partial charge in [-0.3, -0.25) is 4.79 Å². The molecule has 0 fully saturated rings. The van der Waals surface area contributed by atoms with Crippen molar-refractivity contribution in [1.29, 1.82) is 0 Å². The molecule has 0 saturated carbocycles. The lowest BCUT2D eigenvalue weighted by Gasteiger charge is -2.12. The van der Waals surface area contributed by atoms with Crippen LogP contribution in [0.25, 0.3) is 0 Å². The predicted octanol–water partition coefficient (Wildman–Crippen LogP) is 3.07. The highest BCUT2D eigenvalue weighted by Gasteiger charge is 2.18. The molecule has 0 aliphatic rings. The van der Waals surface area contributed by atoms with Crippen molar-refractivity contribution >= 4 is 21.9 Å². The molecule has 0 saturated heterocycles. The van der Waals surface area contributed by atoms with E-state index in [2.05, 4.69) is 15.9 Å². The van der Waals surface area contributed by atoms with Crippen LogP contribution in [-0.2, 0) is 9.53 Å². The molecule has 0 heterocycles. The summed E-state index contributed by atoms with van der Waals surface area (Å²) in [6.07, 6.45) is -0.0775. The molecule has 1 atom stereocenters. The van der Waals surface area contributed by atoms with Gasteiger partial charge < -0.3 is 4.74 Å². The number of carbonyl (C=O) groups excluding carboxylic acids is 1. The summed E-state index contributed by atoms with van der Waals surface area (Å²) < 4.78 is 5.08. The van der Waals surface area contributed by atoms with Gasteiger partial charge in [-0.2, -0.15) is 0 Å². The van der Waals surface area contributed by atoms with E-state index >= 15 is 0 Å². The topological polar surface area (TPSA) is 26.3 Å². The highest BCUT2D eigenvalue weighted by Crippen LogP contribution is 2.24. The summed E-state index contributed by atoms with van der Waals surface area (Å²) in [5, 5.41) is 0. The number of hydrogen-bond donors (Lipinski definition) is 0. The van der Waals surface area contributed by atoms with Gasteiger partial charge in [0, 0.05) is 0 Å². The zero-order chi connectivity index (χ0) is 10.6. The van der Waals surface area contributed by atoms with Gasteiger partial charge in [0.15, 0.2) is 0 Å². The molecule has 3 heteroatoms. The van der Waals surface area contributed by atoms with Crippen LogP contribution in [0, 0.1) is 0 Å². The summed E-state index contributed by atoms with van der Waals surface area (Å²) in [5.41, 5.74) is 0.915. The molecular weight excluding hydrogens is 244 g/mol. The Kier molecular flexibility index (Phi) is 4.14. The fourth-order valence-electron chi connectivity index (χ4n) is 1.05. The molecule has 0 aromatic heterocycles. The molecule has 0 bridgehead atoms. The van der Waals surface area contributed by atoms with Gasteiger partial charge in [-0.15, -0.1) is 0 Å². The molecule has 1 rings (SSSR count). The first-order valence-electron chi connectivity index (χ1n) is 4.50. The molecule has 14 heavy (non-hydrogen) atoms. The number of rotatable bonds is 3. The maximum absolute atomic E-state index is 11.5. The van der Waals surface area contributed by atoms with Crippen LogP contribution in [-0.4, -0.2) is 12.1 Å². The second kappa shape index (κ2) is 5.15. The van der Waals surface area contributed by atoms with Crippen LogP contribution in [0.3, 0.4) is 0 Å². The van der Waals surface area contributed by atoms with Gasteiger partial charge >= 0.3 is 5.97 Å². The van der Waals surface area contributed by atoms with Crippen molar-refractivity contribution in [2.24, 2.45) is 0 Å². The SMILES string of the molecule is CC(C)OC(=O)[C@@H](Br)c1ccccc1. The van der Waals surface area contributed by atoms with Crippen LogP contribution in [0.4, 0.5) is 0 Å². The number of ether oxygens (including phenoxy) is 1. The van der Waals surface area contributed by atoms with Crippen LogP contribution in [0.2, 0.25) is 0 Å². The molecule has 0 aliphatic heterocycles. The Morgan fingerprint density at radius 2 is 1.86 bits per heavy atom. The van der Waals surface area contributed by atoms with Gasteiger partial charge in [-0.25, -0.2) is 0 Å². The van der Waals surface area contributed by atoms with Gasteiger partial charge in [-0.1, -0.05) is 46.3 Å². The van der Waals surface area contributed by atoms with Crippen LogP contribution >= 0.6 is 15.9 Å².